The van der Waals surface area contributed by atoms with Gasteiger partial charge < -0.3 is 14.8 Å². The quantitative estimate of drug-likeness (QED) is 0.638. The van der Waals surface area contributed by atoms with E-state index < -0.39 is 12.1 Å². The van der Waals surface area contributed by atoms with Crippen molar-refractivity contribution in [3.05, 3.63) is 0 Å². The van der Waals surface area contributed by atoms with Crippen LogP contribution in [0.1, 0.15) is 19.8 Å². The minimum atomic E-state index is -0.588. The van der Waals surface area contributed by atoms with Crippen LogP contribution >= 0.6 is 0 Å². The van der Waals surface area contributed by atoms with Crippen LogP contribution in [-0.2, 0) is 19.1 Å². The van der Waals surface area contributed by atoms with Gasteiger partial charge in [-0.05, 0) is 25.7 Å². The topological polar surface area (TPSA) is 64.6 Å². The Morgan fingerprint density at radius 2 is 2.13 bits per heavy atom. The number of esters is 1. The third-order valence-corrected chi connectivity index (χ3v) is 2.24. The normalized spacial score (nSPS) is 16.9. The molecular formula is C10H17NO4. The summed E-state index contributed by atoms with van der Waals surface area (Å²) < 4.78 is 10.0. The molecule has 1 rings (SSSR count). The van der Waals surface area contributed by atoms with Gasteiger partial charge in [-0.1, -0.05) is 0 Å². The highest BCUT2D eigenvalue weighted by Gasteiger charge is 2.24. The number of nitrogens with one attached hydrogen (secondary N) is 1. The standard InChI is InChI=1S/C10H17NO4/c1-7(14-5-8-3-4-8)10(13)15-6-9(12)11-2/h7-8H,3-6H2,1-2H3,(H,11,12)/t7-/m1/s1. The number of likely N-dealkylation sites (N-methyl/N-ethyl adjacent to an activating group) is 1. The first kappa shape index (κ1) is 12.0. The number of rotatable bonds is 6. The summed E-state index contributed by atoms with van der Waals surface area (Å²) in [5.41, 5.74) is 0. The summed E-state index contributed by atoms with van der Waals surface area (Å²) in [4.78, 5) is 22.1. The van der Waals surface area contributed by atoms with Crippen molar-refractivity contribution in [1.82, 2.24) is 5.32 Å². The molecule has 1 aliphatic carbocycles. The van der Waals surface area contributed by atoms with Gasteiger partial charge in [0.1, 0.15) is 0 Å². The van der Waals surface area contributed by atoms with Gasteiger partial charge in [-0.3, -0.25) is 4.79 Å². The Balaban J connectivity index is 2.10. The Morgan fingerprint density at radius 3 is 2.67 bits per heavy atom. The second-order valence-electron chi connectivity index (χ2n) is 3.70. The van der Waals surface area contributed by atoms with Crippen molar-refractivity contribution in [1.29, 1.82) is 0 Å². The highest BCUT2D eigenvalue weighted by Crippen LogP contribution is 2.29. The molecule has 0 spiro atoms. The maximum Gasteiger partial charge on any atom is 0.335 e. The van der Waals surface area contributed by atoms with Crippen LogP contribution in [0.25, 0.3) is 0 Å². The number of carbonyl (C=O) groups excluding carboxylic acids is 2. The second kappa shape index (κ2) is 5.70. The summed E-state index contributed by atoms with van der Waals surface area (Å²) in [6, 6.07) is 0. The van der Waals surface area contributed by atoms with E-state index in [9.17, 15) is 9.59 Å². The van der Waals surface area contributed by atoms with E-state index >= 15 is 0 Å². The number of carbonyl (C=O) groups is 2. The van der Waals surface area contributed by atoms with Crippen molar-refractivity contribution < 1.29 is 19.1 Å². The predicted octanol–water partition coefficient (Wildman–Crippen LogP) is 0.0907. The third-order valence-electron chi connectivity index (χ3n) is 2.24. The van der Waals surface area contributed by atoms with Gasteiger partial charge in [0.15, 0.2) is 12.7 Å². The molecule has 0 aromatic heterocycles. The van der Waals surface area contributed by atoms with E-state index in [4.69, 9.17) is 9.47 Å². The minimum Gasteiger partial charge on any atom is -0.454 e. The molecule has 0 saturated heterocycles. The Morgan fingerprint density at radius 1 is 1.47 bits per heavy atom. The fourth-order valence-electron chi connectivity index (χ4n) is 0.959. The molecule has 1 N–H and O–H groups in total. The predicted molar refractivity (Wildman–Crippen MR) is 53.2 cm³/mol. The van der Waals surface area contributed by atoms with Crippen molar-refractivity contribution >= 4 is 11.9 Å². The van der Waals surface area contributed by atoms with Crippen molar-refractivity contribution in [2.24, 2.45) is 5.92 Å². The van der Waals surface area contributed by atoms with E-state index in [1.165, 1.54) is 19.9 Å². The summed E-state index contributed by atoms with van der Waals surface area (Å²) in [6.45, 7) is 2.00. The van der Waals surface area contributed by atoms with Gasteiger partial charge in [0.25, 0.3) is 5.91 Å². The molecule has 1 atom stereocenters. The molecule has 1 aliphatic rings. The minimum absolute atomic E-state index is 0.244. The van der Waals surface area contributed by atoms with Crippen molar-refractivity contribution in [3.63, 3.8) is 0 Å². The zero-order valence-corrected chi connectivity index (χ0v) is 9.12. The lowest BCUT2D eigenvalue weighted by Gasteiger charge is -2.11. The first-order valence-electron chi connectivity index (χ1n) is 5.12. The maximum atomic E-state index is 11.3. The zero-order valence-electron chi connectivity index (χ0n) is 9.12. The molecule has 1 saturated carbocycles. The molecule has 0 heterocycles. The maximum absolute atomic E-state index is 11.3. The fraction of sp³-hybridized carbons (Fsp3) is 0.800. The van der Waals surface area contributed by atoms with Crippen LogP contribution in [0.4, 0.5) is 0 Å². The summed E-state index contributed by atoms with van der Waals surface area (Å²) in [5, 5.41) is 2.36. The van der Waals surface area contributed by atoms with Gasteiger partial charge in [-0.2, -0.15) is 0 Å². The zero-order chi connectivity index (χ0) is 11.3. The first-order chi connectivity index (χ1) is 7.13. The number of ether oxygens (including phenoxy) is 2. The summed E-state index contributed by atoms with van der Waals surface area (Å²) in [7, 11) is 1.49. The van der Waals surface area contributed by atoms with Gasteiger partial charge in [-0.15, -0.1) is 0 Å². The Labute approximate surface area is 89.1 Å². The van der Waals surface area contributed by atoms with Gasteiger partial charge in [-0.25, -0.2) is 4.79 Å². The van der Waals surface area contributed by atoms with E-state index in [2.05, 4.69) is 5.32 Å². The average molecular weight is 215 g/mol. The number of hydrogen-bond donors (Lipinski definition) is 1. The van der Waals surface area contributed by atoms with Crippen LogP contribution in [0.3, 0.4) is 0 Å². The van der Waals surface area contributed by atoms with Gasteiger partial charge in [0.05, 0.1) is 6.61 Å². The molecule has 15 heavy (non-hydrogen) atoms. The molecule has 0 aromatic rings. The number of hydrogen-bond acceptors (Lipinski definition) is 4. The van der Waals surface area contributed by atoms with E-state index in [0.29, 0.717) is 12.5 Å². The van der Waals surface area contributed by atoms with Gasteiger partial charge in [0, 0.05) is 7.05 Å². The molecule has 86 valence electrons. The molecule has 1 amide bonds. The van der Waals surface area contributed by atoms with E-state index in [1.807, 2.05) is 0 Å². The molecule has 0 unspecified atom stereocenters. The Hall–Kier alpha value is -1.10. The van der Waals surface area contributed by atoms with Crippen LogP contribution in [0.5, 0.6) is 0 Å². The van der Waals surface area contributed by atoms with Gasteiger partial charge in [0.2, 0.25) is 0 Å². The lowest BCUT2D eigenvalue weighted by Crippen LogP contribution is -2.30. The molecule has 5 heteroatoms. The van der Waals surface area contributed by atoms with E-state index in [-0.39, 0.29) is 12.5 Å². The van der Waals surface area contributed by atoms with Crippen LogP contribution in [0.2, 0.25) is 0 Å². The van der Waals surface area contributed by atoms with E-state index in [1.54, 1.807) is 6.92 Å². The van der Waals surface area contributed by atoms with E-state index in [0.717, 1.165) is 0 Å². The lowest BCUT2D eigenvalue weighted by atomic mass is 10.4. The monoisotopic (exact) mass is 215 g/mol. The molecule has 0 bridgehead atoms. The summed E-state index contributed by atoms with van der Waals surface area (Å²) in [5.74, 6) is -0.198. The van der Waals surface area contributed by atoms with Crippen LogP contribution in [0, 0.1) is 5.92 Å². The average Bonchev–Trinajstić information content (AvgIpc) is 3.05. The third kappa shape index (κ3) is 4.78. The Kier molecular flexibility index (Phi) is 4.55. The molecule has 1 fully saturated rings. The second-order valence-corrected chi connectivity index (χ2v) is 3.70. The smallest absolute Gasteiger partial charge is 0.335 e. The van der Waals surface area contributed by atoms with Crippen molar-refractivity contribution in [2.45, 2.75) is 25.9 Å². The highest BCUT2D eigenvalue weighted by atomic mass is 16.6. The van der Waals surface area contributed by atoms with Gasteiger partial charge >= 0.3 is 5.97 Å². The first-order valence-corrected chi connectivity index (χ1v) is 5.12. The Bertz CT molecular complexity index is 238. The SMILES string of the molecule is CNC(=O)COC(=O)[C@@H](C)OCC1CC1. The summed E-state index contributed by atoms with van der Waals surface area (Å²) >= 11 is 0. The largest absolute Gasteiger partial charge is 0.454 e. The molecule has 0 radical (unpaired) electrons. The molecule has 0 aromatic carbocycles. The number of amides is 1. The van der Waals surface area contributed by atoms with Crippen LogP contribution < -0.4 is 5.32 Å². The molecular weight excluding hydrogens is 198 g/mol. The van der Waals surface area contributed by atoms with Crippen LogP contribution in [0.15, 0.2) is 0 Å². The van der Waals surface area contributed by atoms with Crippen molar-refractivity contribution in [2.75, 3.05) is 20.3 Å². The lowest BCUT2D eigenvalue weighted by molar-refractivity contribution is -0.159. The summed E-state index contributed by atoms with van der Waals surface area (Å²) in [6.07, 6.45) is 1.77. The van der Waals surface area contributed by atoms with Crippen molar-refractivity contribution in [3.8, 4) is 0 Å². The molecule has 0 aliphatic heterocycles. The van der Waals surface area contributed by atoms with Crippen LogP contribution in [-0.4, -0.2) is 38.2 Å². The fourth-order valence-corrected chi connectivity index (χ4v) is 0.959. The molecule has 5 nitrogen and oxygen atoms in total. The highest BCUT2D eigenvalue weighted by molar-refractivity contribution is 5.81.